The minimum Gasteiger partial charge on any atom is -0.443 e. The largest absolute Gasteiger partial charge is 2.00 e. The van der Waals surface area contributed by atoms with Crippen molar-refractivity contribution in [3.63, 3.8) is 0 Å². The number of hydrogen-bond acceptors (Lipinski definition) is 2. The Morgan fingerprint density at radius 2 is 0.760 bits per heavy atom. The predicted octanol–water partition coefficient (Wildman–Crippen LogP) is 5.61. The van der Waals surface area contributed by atoms with Crippen molar-refractivity contribution in [1.29, 1.82) is 0 Å². The van der Waals surface area contributed by atoms with Gasteiger partial charge in [0.25, 0.3) is 0 Å². The number of aliphatic imine (C=N–C) groups is 4. The molecule has 4 nitrogen and oxygen atoms in total. The third kappa shape index (κ3) is 35.2. The first-order valence-corrected chi connectivity index (χ1v) is 8.44. The number of nitrogens with zero attached hydrogens (tertiary/aromatic N) is 4. The van der Waals surface area contributed by atoms with Crippen molar-refractivity contribution in [3.05, 3.63) is 0 Å². The molecule has 0 amide bonds. The van der Waals surface area contributed by atoms with Crippen LogP contribution >= 0.6 is 0 Å². The standard InChI is InChI=1S/2C10H19N2.Fe/c2*1-9(2,3)7-11-8-12-10(4,5)6;/h2*7H,1-6H3;/q2*-1;+2. The quantitative estimate of drug-likeness (QED) is 0.255. The molecule has 0 aliphatic heterocycles. The molecule has 0 radical (unpaired) electrons. The van der Waals surface area contributed by atoms with Crippen molar-refractivity contribution in [1.82, 2.24) is 0 Å². The van der Waals surface area contributed by atoms with Gasteiger partial charge in [-0.15, -0.1) is 12.4 Å². The second-order valence-electron chi connectivity index (χ2n) is 10.0. The van der Waals surface area contributed by atoms with Crippen LogP contribution in [-0.2, 0) is 17.1 Å². The predicted molar refractivity (Wildman–Crippen MR) is 110 cm³/mol. The molecular weight excluding hydrogens is 352 g/mol. The van der Waals surface area contributed by atoms with E-state index in [0.29, 0.717) is 0 Å². The maximum absolute atomic E-state index is 4.11. The van der Waals surface area contributed by atoms with Gasteiger partial charge >= 0.3 is 17.1 Å². The summed E-state index contributed by atoms with van der Waals surface area (Å²) in [5, 5.41) is 0. The van der Waals surface area contributed by atoms with Crippen LogP contribution in [0.25, 0.3) is 0 Å². The van der Waals surface area contributed by atoms with Gasteiger partial charge in [-0.3, -0.25) is 0 Å². The van der Waals surface area contributed by atoms with E-state index >= 15 is 0 Å². The third-order valence-electron chi connectivity index (χ3n) is 1.79. The number of rotatable bonds is 2. The van der Waals surface area contributed by atoms with Gasteiger partial charge in [-0.1, -0.05) is 65.0 Å². The Labute approximate surface area is 167 Å². The molecule has 0 aromatic heterocycles. The molecule has 5 heteroatoms. The molecular formula is C20H38FeN4. The van der Waals surface area contributed by atoms with Gasteiger partial charge in [-0.2, -0.15) is 0 Å². The molecule has 0 saturated carbocycles. The summed E-state index contributed by atoms with van der Waals surface area (Å²) in [4.78, 5) is 16.2. The molecule has 146 valence electrons. The SMILES string of the molecule is CC(C)(C)C=N[C-]=NC(C)(C)C.CC(C)(C)C=N[C-]=NC(C)(C)C.[Fe+2]. The maximum atomic E-state index is 4.11. The maximum Gasteiger partial charge on any atom is 2.00 e. The molecule has 0 heterocycles. The van der Waals surface area contributed by atoms with E-state index in [2.05, 4.69) is 74.2 Å². The van der Waals surface area contributed by atoms with Gasteiger partial charge in [0, 0.05) is 11.1 Å². The van der Waals surface area contributed by atoms with E-state index in [4.69, 9.17) is 0 Å². The topological polar surface area (TPSA) is 49.4 Å². The summed E-state index contributed by atoms with van der Waals surface area (Å²) in [6, 6.07) is 0. The van der Waals surface area contributed by atoms with Crippen molar-refractivity contribution in [2.75, 3.05) is 0 Å². The fourth-order valence-corrected chi connectivity index (χ4v) is 0.803. The number of hydrogen-bond donors (Lipinski definition) is 0. The third-order valence-corrected chi connectivity index (χ3v) is 1.79. The fraction of sp³-hybridized carbons (Fsp3) is 0.800. The Hall–Kier alpha value is -0.801. The summed E-state index contributed by atoms with van der Waals surface area (Å²) < 4.78 is 0. The Kier molecular flexibility index (Phi) is 13.6. The van der Waals surface area contributed by atoms with Gasteiger partial charge in [-0.05, 0) is 41.5 Å². The van der Waals surface area contributed by atoms with Crippen molar-refractivity contribution in [2.24, 2.45) is 30.8 Å². The van der Waals surface area contributed by atoms with E-state index in [1.807, 2.05) is 54.0 Å². The van der Waals surface area contributed by atoms with E-state index in [0.717, 1.165) is 0 Å². The fourth-order valence-electron chi connectivity index (χ4n) is 0.803. The molecule has 0 aliphatic rings. The zero-order valence-electron chi connectivity index (χ0n) is 18.3. The Bertz CT molecular complexity index is 360. The van der Waals surface area contributed by atoms with Crippen molar-refractivity contribution in [3.8, 4) is 0 Å². The minimum atomic E-state index is -0.0742. The Morgan fingerprint density at radius 3 is 0.920 bits per heavy atom. The van der Waals surface area contributed by atoms with Crippen LogP contribution in [0.4, 0.5) is 0 Å². The summed E-state index contributed by atoms with van der Waals surface area (Å²) in [5.41, 5.74) is 0.0747. The minimum absolute atomic E-state index is 0. The van der Waals surface area contributed by atoms with Crippen LogP contribution in [0, 0.1) is 10.8 Å². The van der Waals surface area contributed by atoms with E-state index in [-0.39, 0.29) is 39.0 Å². The zero-order chi connectivity index (χ0) is 19.7. The van der Waals surface area contributed by atoms with Crippen LogP contribution in [-0.4, -0.2) is 36.2 Å². The summed E-state index contributed by atoms with van der Waals surface area (Å²) in [5.74, 6) is 0. The van der Waals surface area contributed by atoms with Gasteiger partial charge in [0.05, 0.1) is 0 Å². The molecule has 0 saturated heterocycles. The second kappa shape index (κ2) is 11.7. The first-order valence-electron chi connectivity index (χ1n) is 8.44. The smallest absolute Gasteiger partial charge is 0.443 e. The van der Waals surface area contributed by atoms with Crippen LogP contribution in [0.15, 0.2) is 20.0 Å². The average Bonchev–Trinajstić information content (AvgIpc) is 2.27. The molecule has 0 unspecified atom stereocenters. The molecule has 0 aromatic rings. The van der Waals surface area contributed by atoms with Crippen LogP contribution in [0.2, 0.25) is 0 Å². The molecule has 0 rings (SSSR count). The molecule has 0 aromatic carbocycles. The van der Waals surface area contributed by atoms with Crippen LogP contribution in [0.1, 0.15) is 83.1 Å². The second-order valence-corrected chi connectivity index (χ2v) is 10.0. The molecule has 0 bridgehead atoms. The first-order chi connectivity index (χ1) is 10.4. The van der Waals surface area contributed by atoms with Gasteiger partial charge in [0.1, 0.15) is 0 Å². The molecule has 0 atom stereocenters. The van der Waals surface area contributed by atoms with E-state index in [1.54, 1.807) is 0 Å². The normalized spacial score (nSPS) is 14.2. The van der Waals surface area contributed by atoms with E-state index < -0.39 is 0 Å². The summed E-state index contributed by atoms with van der Waals surface area (Å²) in [7, 11) is 0. The monoisotopic (exact) mass is 390 g/mol. The summed E-state index contributed by atoms with van der Waals surface area (Å²) >= 11 is 0. The molecule has 0 N–H and O–H groups in total. The van der Waals surface area contributed by atoms with Crippen LogP contribution < -0.4 is 0 Å². The summed E-state index contributed by atoms with van der Waals surface area (Å²) in [6.07, 6.45) is 9.05. The van der Waals surface area contributed by atoms with Gasteiger partial charge in [-0.25, -0.2) is 0 Å². The zero-order valence-corrected chi connectivity index (χ0v) is 19.4. The Balaban J connectivity index is -0.000000372. The van der Waals surface area contributed by atoms with Crippen molar-refractivity contribution >= 4 is 25.1 Å². The van der Waals surface area contributed by atoms with Crippen LogP contribution in [0.3, 0.4) is 0 Å². The average molecular weight is 390 g/mol. The summed E-state index contributed by atoms with van der Waals surface area (Å²) in [6.45, 7) is 24.7. The van der Waals surface area contributed by atoms with Crippen molar-refractivity contribution < 1.29 is 17.1 Å². The first kappa shape index (κ1) is 29.0. The van der Waals surface area contributed by atoms with Crippen LogP contribution in [0.5, 0.6) is 0 Å². The Morgan fingerprint density at radius 1 is 0.520 bits per heavy atom. The molecule has 25 heavy (non-hydrogen) atoms. The van der Waals surface area contributed by atoms with Crippen molar-refractivity contribution in [2.45, 2.75) is 94.2 Å². The molecule has 0 fully saturated rings. The van der Waals surface area contributed by atoms with E-state index in [9.17, 15) is 0 Å². The molecule has 0 aliphatic carbocycles. The van der Waals surface area contributed by atoms with Gasteiger partial charge < -0.3 is 20.0 Å². The van der Waals surface area contributed by atoms with Gasteiger partial charge in [0.2, 0.25) is 0 Å². The van der Waals surface area contributed by atoms with Gasteiger partial charge in [0.15, 0.2) is 0 Å². The molecule has 0 spiro atoms. The van der Waals surface area contributed by atoms with E-state index in [1.165, 1.54) is 0 Å².